The Hall–Kier alpha value is -2.97. The number of aliphatic carboxylic acids is 1. The minimum absolute atomic E-state index is 0.109. The Morgan fingerprint density at radius 3 is 1.83 bits per heavy atom. The van der Waals surface area contributed by atoms with Gasteiger partial charge in [-0.05, 0) is 51.0 Å². The van der Waals surface area contributed by atoms with Gasteiger partial charge in [0.1, 0.15) is 18.1 Å². The van der Waals surface area contributed by atoms with Crippen molar-refractivity contribution in [2.75, 3.05) is 19.7 Å². The van der Waals surface area contributed by atoms with Gasteiger partial charge in [-0.15, -0.1) is 0 Å². The van der Waals surface area contributed by atoms with E-state index in [1.165, 1.54) is 0 Å². The van der Waals surface area contributed by atoms with Crippen LogP contribution in [0.2, 0.25) is 0 Å². The summed E-state index contributed by atoms with van der Waals surface area (Å²) >= 11 is 0. The number of carbonyl (C=O) groups excluding carboxylic acids is 3. The topological polar surface area (TPSA) is 261 Å². The number of nitrogens with zero attached hydrogens (tertiary/aromatic N) is 1. The maximum Gasteiger partial charge on any atom is 0.328 e. The quantitative estimate of drug-likeness (QED) is 0.0523. The highest BCUT2D eigenvalue weighted by Gasteiger charge is 2.30. The largest absolute Gasteiger partial charge is 0.480 e. The minimum atomic E-state index is -1.53. The van der Waals surface area contributed by atoms with Crippen molar-refractivity contribution >= 4 is 29.7 Å². The second kappa shape index (κ2) is 17.5. The molecule has 0 aliphatic carbocycles. The maximum absolute atomic E-state index is 13.1. The summed E-state index contributed by atoms with van der Waals surface area (Å²) in [5.41, 5.74) is 22.1. The molecule has 3 amide bonds. The van der Waals surface area contributed by atoms with Crippen LogP contribution in [0.4, 0.5) is 0 Å². The normalized spacial score (nSPS) is 14.3. The average Bonchev–Trinajstić information content (AvgIpc) is 2.77. The van der Waals surface area contributed by atoms with E-state index in [1.54, 1.807) is 0 Å². The van der Waals surface area contributed by atoms with Crippen LogP contribution in [0.15, 0.2) is 4.99 Å². The molecule has 4 atom stereocenters. The predicted molar refractivity (Wildman–Crippen MR) is 131 cm³/mol. The molecule has 0 aromatic heterocycles. The summed E-state index contributed by atoms with van der Waals surface area (Å²) in [6.45, 7) is 3.59. The number of carboxylic acid groups (broad SMARTS) is 1. The van der Waals surface area contributed by atoms with Crippen LogP contribution in [0.1, 0.15) is 52.4 Å². The number of aliphatic hydroxyl groups excluding tert-OH is 1. The number of hydrogen-bond donors (Lipinski definition) is 9. The lowest BCUT2D eigenvalue weighted by molar-refractivity contribution is -0.143. The van der Waals surface area contributed by atoms with Crippen molar-refractivity contribution < 1.29 is 29.4 Å². The van der Waals surface area contributed by atoms with E-state index in [0.717, 1.165) is 0 Å². The van der Waals surface area contributed by atoms with E-state index < -0.39 is 54.5 Å². The van der Waals surface area contributed by atoms with E-state index >= 15 is 0 Å². The molecular formula is C21H42N8O6. The van der Waals surface area contributed by atoms with Gasteiger partial charge in [0.2, 0.25) is 17.7 Å². The fourth-order valence-corrected chi connectivity index (χ4v) is 3.16. The maximum atomic E-state index is 13.1. The van der Waals surface area contributed by atoms with E-state index in [9.17, 15) is 24.3 Å². The molecule has 0 saturated carbocycles. The number of carboxylic acids is 1. The van der Waals surface area contributed by atoms with Crippen LogP contribution in [-0.4, -0.2) is 83.7 Å². The zero-order valence-electron chi connectivity index (χ0n) is 20.5. The summed E-state index contributed by atoms with van der Waals surface area (Å²) in [6.07, 6.45) is 2.15. The smallest absolute Gasteiger partial charge is 0.328 e. The number of nitrogens with one attached hydrogen (secondary N) is 3. The first-order valence-electron chi connectivity index (χ1n) is 11.7. The number of rotatable bonds is 18. The van der Waals surface area contributed by atoms with Crippen LogP contribution >= 0.6 is 0 Å². The predicted octanol–water partition coefficient (Wildman–Crippen LogP) is -2.93. The van der Waals surface area contributed by atoms with Crippen LogP contribution in [0, 0.1) is 5.92 Å². The fourth-order valence-electron chi connectivity index (χ4n) is 3.16. The molecule has 0 aromatic rings. The minimum Gasteiger partial charge on any atom is -0.480 e. The highest BCUT2D eigenvalue weighted by atomic mass is 16.4. The van der Waals surface area contributed by atoms with Crippen LogP contribution < -0.4 is 38.9 Å². The molecule has 0 saturated heterocycles. The molecule has 0 heterocycles. The van der Waals surface area contributed by atoms with Crippen LogP contribution in [0.25, 0.3) is 0 Å². The van der Waals surface area contributed by atoms with E-state index in [1.807, 2.05) is 13.8 Å². The van der Waals surface area contributed by atoms with E-state index in [0.29, 0.717) is 32.2 Å². The van der Waals surface area contributed by atoms with E-state index in [4.69, 9.17) is 28.0 Å². The Morgan fingerprint density at radius 2 is 1.37 bits per heavy atom. The van der Waals surface area contributed by atoms with Gasteiger partial charge in [0.15, 0.2) is 5.96 Å². The molecule has 0 aromatic carbocycles. The zero-order valence-corrected chi connectivity index (χ0v) is 20.5. The first-order chi connectivity index (χ1) is 16.4. The number of nitrogens with two attached hydrogens (primary N) is 4. The number of guanidine groups is 1. The van der Waals surface area contributed by atoms with Gasteiger partial charge in [-0.1, -0.05) is 13.8 Å². The van der Waals surface area contributed by atoms with Crippen molar-refractivity contribution in [2.45, 2.75) is 76.5 Å². The molecular weight excluding hydrogens is 460 g/mol. The Kier molecular flexibility index (Phi) is 16.0. The molecule has 14 nitrogen and oxygen atoms in total. The number of hydrogen-bond acceptors (Lipinski definition) is 8. The molecule has 0 aliphatic rings. The first-order valence-corrected chi connectivity index (χ1v) is 11.7. The third-order valence-electron chi connectivity index (χ3n) is 5.02. The van der Waals surface area contributed by atoms with Crippen molar-refractivity contribution in [1.82, 2.24) is 16.0 Å². The SMILES string of the molecule is CC(C)CC(N)C(=O)NC(CCCN=C(N)N)C(=O)NC(CCCCN)C(=O)NC(CO)C(=O)O. The van der Waals surface area contributed by atoms with Crippen molar-refractivity contribution in [2.24, 2.45) is 33.8 Å². The van der Waals surface area contributed by atoms with Crippen molar-refractivity contribution in [3.05, 3.63) is 0 Å². The van der Waals surface area contributed by atoms with Gasteiger partial charge in [-0.3, -0.25) is 19.4 Å². The Labute approximate surface area is 205 Å². The molecule has 35 heavy (non-hydrogen) atoms. The van der Waals surface area contributed by atoms with Crippen LogP contribution in [0.3, 0.4) is 0 Å². The van der Waals surface area contributed by atoms with Crippen molar-refractivity contribution in [1.29, 1.82) is 0 Å². The van der Waals surface area contributed by atoms with Gasteiger partial charge in [0, 0.05) is 6.54 Å². The van der Waals surface area contributed by atoms with Gasteiger partial charge in [0.25, 0.3) is 0 Å². The lowest BCUT2D eigenvalue weighted by Crippen LogP contribution is -2.57. The first kappa shape index (κ1) is 32.0. The van der Waals surface area contributed by atoms with Crippen molar-refractivity contribution in [3.8, 4) is 0 Å². The fraction of sp³-hybridized carbons (Fsp3) is 0.762. The molecule has 0 aliphatic heterocycles. The summed E-state index contributed by atoms with van der Waals surface area (Å²) in [6, 6.07) is -4.50. The number of amides is 3. The Balaban J connectivity index is 5.53. The second-order valence-corrected chi connectivity index (χ2v) is 8.67. The average molecular weight is 503 g/mol. The lowest BCUT2D eigenvalue weighted by atomic mass is 10.0. The van der Waals surface area contributed by atoms with Gasteiger partial charge >= 0.3 is 5.97 Å². The van der Waals surface area contributed by atoms with Gasteiger partial charge in [-0.25, -0.2) is 4.79 Å². The molecule has 202 valence electrons. The second-order valence-electron chi connectivity index (χ2n) is 8.67. The highest BCUT2D eigenvalue weighted by molar-refractivity contribution is 5.94. The molecule has 0 radical (unpaired) electrons. The van der Waals surface area contributed by atoms with E-state index in [2.05, 4.69) is 20.9 Å². The number of unbranched alkanes of at least 4 members (excludes halogenated alkanes) is 1. The monoisotopic (exact) mass is 502 g/mol. The molecule has 13 N–H and O–H groups in total. The summed E-state index contributed by atoms with van der Waals surface area (Å²) in [5, 5.41) is 25.7. The van der Waals surface area contributed by atoms with Gasteiger partial charge in [-0.2, -0.15) is 0 Å². The van der Waals surface area contributed by atoms with Crippen LogP contribution in [-0.2, 0) is 19.2 Å². The third-order valence-corrected chi connectivity index (χ3v) is 5.02. The van der Waals surface area contributed by atoms with Gasteiger partial charge < -0.3 is 49.1 Å². The van der Waals surface area contributed by atoms with E-state index in [-0.39, 0.29) is 31.3 Å². The standard InChI is InChI=1S/C21H42N8O6/c1-12(2)10-13(23)17(31)27-15(7-5-9-26-21(24)25)18(32)28-14(6-3-4-8-22)19(33)29-16(11-30)20(34)35/h12-16,30H,3-11,22-23H2,1-2H3,(H,27,31)(H,28,32)(H,29,33)(H,34,35)(H4,24,25,26). The highest BCUT2D eigenvalue weighted by Crippen LogP contribution is 2.07. The molecule has 14 heteroatoms. The number of carbonyl (C=O) groups is 4. The third kappa shape index (κ3) is 14.1. The summed E-state index contributed by atoms with van der Waals surface area (Å²) in [4.78, 5) is 53.3. The lowest BCUT2D eigenvalue weighted by Gasteiger charge is -2.25. The Bertz CT molecular complexity index is 714. The Morgan fingerprint density at radius 1 is 0.857 bits per heavy atom. The van der Waals surface area contributed by atoms with Crippen LogP contribution in [0.5, 0.6) is 0 Å². The summed E-state index contributed by atoms with van der Waals surface area (Å²) in [5.74, 6) is -3.31. The molecule has 0 rings (SSSR count). The molecule has 0 spiro atoms. The molecule has 4 unspecified atom stereocenters. The molecule has 0 bridgehead atoms. The molecule has 0 fully saturated rings. The number of aliphatic imine (C=N–C) groups is 1. The summed E-state index contributed by atoms with van der Waals surface area (Å²) < 4.78 is 0. The van der Waals surface area contributed by atoms with Gasteiger partial charge in [0.05, 0.1) is 12.6 Å². The summed E-state index contributed by atoms with van der Waals surface area (Å²) in [7, 11) is 0. The van der Waals surface area contributed by atoms with Crippen molar-refractivity contribution in [3.63, 3.8) is 0 Å². The zero-order chi connectivity index (χ0) is 27.0. The number of aliphatic hydroxyl groups is 1.